The number of amides is 2. The molecule has 3 aliphatic rings. The zero-order valence-electron chi connectivity index (χ0n) is 20.6. The van der Waals surface area contributed by atoms with Crippen LogP contribution in [0.3, 0.4) is 0 Å². The quantitative estimate of drug-likeness (QED) is 0.123. The fraction of sp³-hybridized carbons (Fsp3) is 0.583. The number of phenolic OH excluding ortho intramolecular Hbond substituents is 1. The van der Waals surface area contributed by atoms with Gasteiger partial charge in [0.15, 0.2) is 11.5 Å². The van der Waals surface area contributed by atoms with Gasteiger partial charge in [-0.2, -0.15) is 0 Å². The van der Waals surface area contributed by atoms with Crippen molar-refractivity contribution in [3.8, 4) is 11.5 Å². The summed E-state index contributed by atoms with van der Waals surface area (Å²) in [6.45, 7) is 2.91. The van der Waals surface area contributed by atoms with Gasteiger partial charge in [0.1, 0.15) is 55.6 Å². The Hall–Kier alpha value is -2.82. The molecule has 2 amide bonds. The van der Waals surface area contributed by atoms with Crippen molar-refractivity contribution in [3.63, 3.8) is 0 Å². The van der Waals surface area contributed by atoms with Crippen LogP contribution < -0.4 is 15.4 Å². The molecule has 0 radical (unpaired) electrons. The SMILES string of the molecule is C/C(=C\c1ccc(OC2OC(C(C)NC=O)C(O)C2O)c(O)c1)C(=O)NC1C(O)C(O)C2OCOC2C1O. The van der Waals surface area contributed by atoms with Crippen LogP contribution in [0.25, 0.3) is 6.08 Å². The highest BCUT2D eigenvalue weighted by Crippen LogP contribution is 2.33. The molecule has 11 unspecified atom stereocenters. The van der Waals surface area contributed by atoms with Gasteiger partial charge in [-0.3, -0.25) is 9.59 Å². The molecule has 2 saturated heterocycles. The monoisotopic (exact) mass is 540 g/mol. The molecule has 1 saturated carbocycles. The van der Waals surface area contributed by atoms with Crippen LogP contribution in [0.2, 0.25) is 0 Å². The summed E-state index contributed by atoms with van der Waals surface area (Å²) in [4.78, 5) is 23.4. The first-order valence-corrected chi connectivity index (χ1v) is 12.0. The molecule has 1 aromatic rings. The van der Waals surface area contributed by atoms with Crippen molar-refractivity contribution in [3.05, 3.63) is 29.3 Å². The van der Waals surface area contributed by atoms with E-state index in [4.69, 9.17) is 18.9 Å². The summed E-state index contributed by atoms with van der Waals surface area (Å²) in [5.74, 6) is -1.04. The maximum Gasteiger partial charge on any atom is 0.247 e. The molecule has 1 aromatic carbocycles. The molecule has 11 atom stereocenters. The Morgan fingerprint density at radius 3 is 2.39 bits per heavy atom. The van der Waals surface area contributed by atoms with Gasteiger partial charge >= 0.3 is 0 Å². The van der Waals surface area contributed by atoms with Crippen LogP contribution in [-0.2, 0) is 23.8 Å². The van der Waals surface area contributed by atoms with E-state index >= 15 is 0 Å². The standard InChI is InChI=1S/C24H32N2O12/c1-9(23(34)26-14-15(29)17(31)22-21(16(14)30)35-8-36-22)5-11-3-4-13(12(28)6-11)37-24-19(33)18(32)20(38-24)10(2)25-7-27/h3-7,10,14-22,24,28-33H,8H2,1-2H3,(H,25,27)(H,26,34)/b9-5+. The minimum Gasteiger partial charge on any atom is -0.504 e. The molecule has 8 N–H and O–H groups in total. The predicted octanol–water partition coefficient (Wildman–Crippen LogP) is -2.92. The van der Waals surface area contributed by atoms with Crippen molar-refractivity contribution in [2.24, 2.45) is 0 Å². The van der Waals surface area contributed by atoms with Crippen molar-refractivity contribution >= 4 is 18.4 Å². The van der Waals surface area contributed by atoms with Gasteiger partial charge in [0.2, 0.25) is 18.6 Å². The van der Waals surface area contributed by atoms with Crippen LogP contribution in [0.1, 0.15) is 19.4 Å². The second-order valence-electron chi connectivity index (χ2n) is 9.55. The number of benzene rings is 1. The summed E-state index contributed by atoms with van der Waals surface area (Å²) >= 11 is 0. The topological polar surface area (TPSA) is 216 Å². The van der Waals surface area contributed by atoms with E-state index < -0.39 is 73.1 Å². The summed E-state index contributed by atoms with van der Waals surface area (Å²) in [5, 5.41) is 67.0. The number of aliphatic hydroxyl groups is 5. The lowest BCUT2D eigenvalue weighted by Gasteiger charge is -2.41. The lowest BCUT2D eigenvalue weighted by atomic mass is 9.83. The first-order valence-electron chi connectivity index (χ1n) is 12.0. The van der Waals surface area contributed by atoms with E-state index in [1.165, 1.54) is 31.2 Å². The molecule has 2 aliphatic heterocycles. The molecule has 4 rings (SSSR count). The fourth-order valence-corrected chi connectivity index (χ4v) is 4.77. The van der Waals surface area contributed by atoms with Crippen molar-refractivity contribution in [1.29, 1.82) is 0 Å². The summed E-state index contributed by atoms with van der Waals surface area (Å²) in [7, 11) is 0. The molecule has 0 aromatic heterocycles. The van der Waals surface area contributed by atoms with Crippen LogP contribution in [-0.4, -0.2) is 117 Å². The lowest BCUT2D eigenvalue weighted by molar-refractivity contribution is -0.155. The summed E-state index contributed by atoms with van der Waals surface area (Å²) < 4.78 is 21.5. The normalized spacial score (nSPS) is 37.8. The highest BCUT2D eigenvalue weighted by Gasteiger charge is 2.53. The number of hydrogen-bond donors (Lipinski definition) is 8. The van der Waals surface area contributed by atoms with Gasteiger partial charge in [-0.25, -0.2) is 0 Å². The highest BCUT2D eigenvalue weighted by atomic mass is 16.7. The van der Waals surface area contributed by atoms with Gasteiger partial charge in [0.05, 0.1) is 12.1 Å². The van der Waals surface area contributed by atoms with E-state index in [2.05, 4.69) is 10.6 Å². The Balaban J connectivity index is 1.40. The molecule has 3 fully saturated rings. The summed E-state index contributed by atoms with van der Waals surface area (Å²) in [6.07, 6.45) is -9.15. The molecular formula is C24H32N2O12. The zero-order chi connectivity index (χ0) is 27.7. The highest BCUT2D eigenvalue weighted by molar-refractivity contribution is 5.97. The van der Waals surface area contributed by atoms with E-state index in [-0.39, 0.29) is 23.9 Å². The number of carbonyl (C=O) groups is 2. The Morgan fingerprint density at radius 2 is 1.74 bits per heavy atom. The van der Waals surface area contributed by atoms with Crippen LogP contribution in [0, 0.1) is 0 Å². The second kappa shape index (κ2) is 11.5. The number of rotatable bonds is 8. The summed E-state index contributed by atoms with van der Waals surface area (Å²) in [5.41, 5.74) is 0.560. The first-order chi connectivity index (χ1) is 18.0. The number of ether oxygens (including phenoxy) is 4. The van der Waals surface area contributed by atoms with Crippen LogP contribution in [0.5, 0.6) is 11.5 Å². The molecule has 210 valence electrons. The number of fused-ring (bicyclic) bond motifs is 1. The predicted molar refractivity (Wildman–Crippen MR) is 126 cm³/mol. The minimum atomic E-state index is -1.49. The van der Waals surface area contributed by atoms with Crippen molar-refractivity contribution < 1.29 is 59.2 Å². The van der Waals surface area contributed by atoms with Crippen molar-refractivity contribution in [1.82, 2.24) is 10.6 Å². The van der Waals surface area contributed by atoms with Crippen molar-refractivity contribution in [2.75, 3.05) is 6.79 Å². The zero-order valence-corrected chi connectivity index (χ0v) is 20.6. The molecule has 1 aliphatic carbocycles. The third-order valence-corrected chi connectivity index (χ3v) is 6.95. The van der Waals surface area contributed by atoms with Gasteiger partial charge in [0.25, 0.3) is 0 Å². The van der Waals surface area contributed by atoms with Gasteiger partial charge in [-0.15, -0.1) is 0 Å². The number of phenols is 1. The maximum absolute atomic E-state index is 12.7. The maximum atomic E-state index is 12.7. The number of nitrogens with one attached hydrogen (secondary N) is 2. The average Bonchev–Trinajstić information content (AvgIpc) is 3.48. The lowest BCUT2D eigenvalue weighted by Crippen LogP contribution is -2.67. The van der Waals surface area contributed by atoms with E-state index in [0.717, 1.165) is 0 Å². The summed E-state index contributed by atoms with van der Waals surface area (Å²) in [6, 6.07) is 2.35. The second-order valence-corrected chi connectivity index (χ2v) is 9.55. The molecule has 0 spiro atoms. The molecule has 14 heteroatoms. The Labute approximate surface area is 217 Å². The Bertz CT molecular complexity index is 1050. The number of aliphatic hydroxyl groups excluding tert-OH is 5. The van der Waals surface area contributed by atoms with Gasteiger partial charge < -0.3 is 60.2 Å². The van der Waals surface area contributed by atoms with Crippen LogP contribution in [0.15, 0.2) is 23.8 Å². The molecule has 14 nitrogen and oxygen atoms in total. The molecule has 2 heterocycles. The van der Waals surface area contributed by atoms with Crippen molar-refractivity contribution in [2.45, 2.75) is 81.1 Å². The van der Waals surface area contributed by atoms with Gasteiger partial charge in [0, 0.05) is 5.57 Å². The van der Waals surface area contributed by atoms with E-state index in [0.29, 0.717) is 12.0 Å². The smallest absolute Gasteiger partial charge is 0.247 e. The number of carbonyl (C=O) groups excluding carboxylic acids is 2. The molecule has 38 heavy (non-hydrogen) atoms. The Morgan fingerprint density at radius 1 is 1.05 bits per heavy atom. The third kappa shape index (κ3) is 5.48. The fourth-order valence-electron chi connectivity index (χ4n) is 4.77. The number of aromatic hydroxyl groups is 1. The molecule has 0 bridgehead atoms. The van der Waals surface area contributed by atoms with Crippen LogP contribution in [0.4, 0.5) is 0 Å². The third-order valence-electron chi connectivity index (χ3n) is 6.95. The first kappa shape index (κ1) is 28.2. The minimum absolute atomic E-state index is 0.0621. The van der Waals surface area contributed by atoms with Gasteiger partial charge in [-0.05, 0) is 37.6 Å². The average molecular weight is 541 g/mol. The van der Waals surface area contributed by atoms with Crippen LogP contribution >= 0.6 is 0 Å². The molecular weight excluding hydrogens is 508 g/mol. The number of hydrogen-bond acceptors (Lipinski definition) is 12. The van der Waals surface area contributed by atoms with E-state index in [1.54, 1.807) is 6.92 Å². The van der Waals surface area contributed by atoms with E-state index in [1.807, 2.05) is 0 Å². The largest absolute Gasteiger partial charge is 0.504 e. The van der Waals surface area contributed by atoms with Gasteiger partial charge in [-0.1, -0.05) is 6.07 Å². The Kier molecular flexibility index (Phi) is 8.54. The van der Waals surface area contributed by atoms with E-state index in [9.17, 15) is 40.2 Å².